The van der Waals surface area contributed by atoms with Gasteiger partial charge in [0.2, 0.25) is 5.91 Å². The molecule has 11 nitrogen and oxygen atoms in total. The van der Waals surface area contributed by atoms with Crippen molar-refractivity contribution in [2.75, 3.05) is 27.4 Å². The molecule has 2 atom stereocenters. The fourth-order valence-electron chi connectivity index (χ4n) is 4.64. The lowest BCUT2D eigenvalue weighted by Crippen LogP contribution is -2.42. The quantitative estimate of drug-likeness (QED) is 0.160. The molecule has 0 saturated heterocycles. The summed E-state index contributed by atoms with van der Waals surface area (Å²) in [6.07, 6.45) is 1.20. The maximum Gasteiger partial charge on any atom is 0.407 e. The first-order valence-electron chi connectivity index (χ1n) is 15.7. The number of nitrogens with two attached hydrogens (primary N) is 1. The number of hydrogen-bond acceptors (Lipinski definition) is 8. The molecule has 3 amide bonds. The van der Waals surface area contributed by atoms with Crippen LogP contribution < -0.4 is 35.9 Å². The van der Waals surface area contributed by atoms with Crippen molar-refractivity contribution in [3.05, 3.63) is 89.0 Å². The van der Waals surface area contributed by atoms with Gasteiger partial charge >= 0.3 is 6.09 Å². The van der Waals surface area contributed by atoms with Crippen LogP contribution in [0, 0.1) is 6.92 Å². The fraction of sp³-hybridized carbons (Fsp3) is 0.417. The van der Waals surface area contributed by atoms with Crippen LogP contribution in [0.5, 0.6) is 17.2 Å². The number of rotatable bonds is 16. The summed E-state index contributed by atoms with van der Waals surface area (Å²) in [5.41, 5.74) is 9.31. The Hall–Kier alpha value is -4.77. The molecule has 0 saturated carbocycles. The molecule has 0 heterocycles. The van der Waals surface area contributed by atoms with Crippen molar-refractivity contribution in [1.29, 1.82) is 0 Å². The minimum atomic E-state index is -0.781. The first kappa shape index (κ1) is 36.7. The van der Waals surface area contributed by atoms with Gasteiger partial charge in [-0.2, -0.15) is 0 Å². The van der Waals surface area contributed by atoms with E-state index in [2.05, 4.69) is 16.0 Å². The zero-order chi connectivity index (χ0) is 34.4. The predicted octanol–water partition coefficient (Wildman–Crippen LogP) is 4.94. The Morgan fingerprint density at radius 3 is 2.17 bits per heavy atom. The average Bonchev–Trinajstić information content (AvgIpc) is 3.04. The maximum atomic E-state index is 13.3. The van der Waals surface area contributed by atoms with E-state index in [1.165, 1.54) is 0 Å². The van der Waals surface area contributed by atoms with Gasteiger partial charge in [0.25, 0.3) is 5.91 Å². The van der Waals surface area contributed by atoms with E-state index in [-0.39, 0.29) is 18.4 Å². The van der Waals surface area contributed by atoms with E-state index in [0.29, 0.717) is 55.2 Å². The second-order valence-corrected chi connectivity index (χ2v) is 12.2. The van der Waals surface area contributed by atoms with E-state index in [9.17, 15) is 14.4 Å². The summed E-state index contributed by atoms with van der Waals surface area (Å²) in [6, 6.07) is 19.0. The molecule has 3 aromatic carbocycles. The topological polar surface area (TPSA) is 150 Å². The van der Waals surface area contributed by atoms with Gasteiger partial charge in [-0.1, -0.05) is 42.0 Å². The summed E-state index contributed by atoms with van der Waals surface area (Å²) >= 11 is 0. The molecular weight excluding hydrogens is 600 g/mol. The molecule has 0 fully saturated rings. The highest BCUT2D eigenvalue weighted by Crippen LogP contribution is 2.34. The monoisotopic (exact) mass is 648 g/mol. The lowest BCUT2D eigenvalue weighted by molar-refractivity contribution is -0.123. The zero-order valence-corrected chi connectivity index (χ0v) is 28.2. The lowest BCUT2D eigenvalue weighted by atomic mass is 9.96. The molecule has 47 heavy (non-hydrogen) atoms. The Morgan fingerprint density at radius 2 is 1.53 bits per heavy atom. The molecule has 254 valence electrons. The molecule has 0 bridgehead atoms. The predicted molar refractivity (Wildman–Crippen MR) is 181 cm³/mol. The number of benzene rings is 3. The molecule has 3 aromatic rings. The number of aryl methyl sites for hydroxylation is 1. The van der Waals surface area contributed by atoms with Gasteiger partial charge in [-0.3, -0.25) is 9.59 Å². The van der Waals surface area contributed by atoms with E-state index in [1.807, 2.05) is 43.3 Å². The van der Waals surface area contributed by atoms with E-state index >= 15 is 0 Å². The van der Waals surface area contributed by atoms with Crippen molar-refractivity contribution < 1.29 is 33.3 Å². The van der Waals surface area contributed by atoms with Gasteiger partial charge in [0.1, 0.15) is 22.8 Å². The number of nitrogens with one attached hydrogen (secondary N) is 3. The van der Waals surface area contributed by atoms with Crippen LogP contribution >= 0.6 is 0 Å². The first-order chi connectivity index (χ1) is 22.4. The number of amides is 3. The molecular formula is C36H48N4O7. The third-order valence-corrected chi connectivity index (χ3v) is 7.18. The van der Waals surface area contributed by atoms with Gasteiger partial charge in [-0.05, 0) is 88.4 Å². The van der Waals surface area contributed by atoms with Gasteiger partial charge in [0, 0.05) is 18.7 Å². The van der Waals surface area contributed by atoms with Crippen molar-refractivity contribution in [2.45, 2.75) is 71.2 Å². The van der Waals surface area contributed by atoms with Crippen LogP contribution in [0.15, 0.2) is 66.7 Å². The first-order valence-corrected chi connectivity index (χ1v) is 15.7. The van der Waals surface area contributed by atoms with Gasteiger partial charge in [0.15, 0.2) is 6.61 Å². The smallest absolute Gasteiger partial charge is 0.407 e. The van der Waals surface area contributed by atoms with Crippen molar-refractivity contribution in [2.24, 2.45) is 5.73 Å². The van der Waals surface area contributed by atoms with Crippen LogP contribution in [0.25, 0.3) is 0 Å². The van der Waals surface area contributed by atoms with Crippen LogP contribution in [-0.2, 0) is 20.9 Å². The number of alkyl carbamates (subject to hydrolysis) is 1. The minimum Gasteiger partial charge on any atom is -0.497 e. The summed E-state index contributed by atoms with van der Waals surface area (Å²) in [5.74, 6) is 1.07. The highest BCUT2D eigenvalue weighted by Gasteiger charge is 2.24. The van der Waals surface area contributed by atoms with E-state index in [4.69, 9.17) is 24.7 Å². The number of carbonyl (C=O) groups excluding carboxylic acids is 3. The van der Waals surface area contributed by atoms with Crippen LogP contribution in [0.1, 0.15) is 68.3 Å². The number of hydrogen-bond donors (Lipinski definition) is 4. The third-order valence-electron chi connectivity index (χ3n) is 7.18. The van der Waals surface area contributed by atoms with E-state index < -0.39 is 23.8 Å². The molecule has 5 N–H and O–H groups in total. The summed E-state index contributed by atoms with van der Waals surface area (Å²) < 4.78 is 22.0. The Morgan fingerprint density at radius 1 is 0.851 bits per heavy atom. The zero-order valence-electron chi connectivity index (χ0n) is 28.2. The molecule has 0 aliphatic rings. The van der Waals surface area contributed by atoms with Crippen LogP contribution in [0.3, 0.4) is 0 Å². The van der Waals surface area contributed by atoms with Crippen molar-refractivity contribution in [3.8, 4) is 17.2 Å². The van der Waals surface area contributed by atoms with Crippen LogP contribution in [0.4, 0.5) is 4.79 Å². The van der Waals surface area contributed by atoms with Crippen LogP contribution in [0.2, 0.25) is 0 Å². The summed E-state index contributed by atoms with van der Waals surface area (Å²) in [5, 5.41) is 8.64. The molecule has 0 aliphatic heterocycles. The SMILES string of the molecule is COc1ccc(OC)c(C(NC(=O)[C@@H](N)CCCCNC(=O)OC(C)(C)C)c2ccc(OCC(=O)NCc3ccc(C)cc3)cc2)c1. The number of carbonyl (C=O) groups is 3. The highest BCUT2D eigenvalue weighted by molar-refractivity contribution is 5.82. The van der Waals surface area contributed by atoms with Crippen molar-refractivity contribution in [3.63, 3.8) is 0 Å². The Labute approximate surface area is 277 Å². The third kappa shape index (κ3) is 12.5. The number of ether oxygens (including phenoxy) is 4. The average molecular weight is 649 g/mol. The summed E-state index contributed by atoms with van der Waals surface area (Å²) in [7, 11) is 3.12. The summed E-state index contributed by atoms with van der Waals surface area (Å²) in [6.45, 7) is 8.10. The molecule has 0 aromatic heterocycles. The van der Waals surface area contributed by atoms with Crippen molar-refractivity contribution in [1.82, 2.24) is 16.0 Å². The van der Waals surface area contributed by atoms with Gasteiger partial charge in [0.05, 0.1) is 26.3 Å². The second kappa shape index (κ2) is 17.8. The van der Waals surface area contributed by atoms with Gasteiger partial charge in [-0.15, -0.1) is 0 Å². The minimum absolute atomic E-state index is 0.142. The molecule has 3 rings (SSSR count). The van der Waals surface area contributed by atoms with Crippen molar-refractivity contribution >= 4 is 17.9 Å². The second-order valence-electron chi connectivity index (χ2n) is 12.2. The summed E-state index contributed by atoms with van der Waals surface area (Å²) in [4.78, 5) is 37.6. The molecule has 11 heteroatoms. The molecule has 0 spiro atoms. The Bertz CT molecular complexity index is 1450. The fourth-order valence-corrected chi connectivity index (χ4v) is 4.64. The lowest BCUT2D eigenvalue weighted by Gasteiger charge is -2.24. The van der Waals surface area contributed by atoms with Crippen LogP contribution in [-0.4, -0.2) is 56.9 Å². The highest BCUT2D eigenvalue weighted by atomic mass is 16.6. The maximum absolute atomic E-state index is 13.3. The number of methoxy groups -OCH3 is 2. The molecule has 0 radical (unpaired) electrons. The van der Waals surface area contributed by atoms with E-state index in [1.54, 1.807) is 65.3 Å². The number of unbranched alkanes of at least 4 members (excludes halogenated alkanes) is 1. The largest absolute Gasteiger partial charge is 0.497 e. The normalized spacial score (nSPS) is 12.3. The van der Waals surface area contributed by atoms with Gasteiger partial charge < -0.3 is 40.6 Å². The van der Waals surface area contributed by atoms with E-state index in [0.717, 1.165) is 16.7 Å². The Balaban J connectivity index is 1.63. The van der Waals surface area contributed by atoms with Gasteiger partial charge in [-0.25, -0.2) is 4.79 Å². The molecule has 0 aliphatic carbocycles. The molecule has 1 unspecified atom stereocenters. The standard InChI is InChI=1S/C36H48N4O7/c1-24-10-12-25(13-11-24)22-39-32(41)23-46-27-16-14-26(15-17-27)33(29-21-28(44-5)18-19-31(29)45-6)40-34(42)30(37)9-7-8-20-38-35(43)47-36(2,3)4/h10-19,21,30,33H,7-9,20,22-23,37H2,1-6H3,(H,38,43)(H,39,41)(H,40,42)/t30-,33?/m0/s1. The Kier molecular flexibility index (Phi) is 13.9.